The third-order valence-corrected chi connectivity index (χ3v) is 4.22. The van der Waals surface area contributed by atoms with Crippen molar-refractivity contribution in [1.29, 1.82) is 0 Å². The maximum Gasteiger partial charge on any atom is 0.230 e. The summed E-state index contributed by atoms with van der Waals surface area (Å²) in [5, 5.41) is 3.40. The van der Waals surface area contributed by atoms with Gasteiger partial charge >= 0.3 is 0 Å². The van der Waals surface area contributed by atoms with Crippen molar-refractivity contribution in [3.05, 3.63) is 23.8 Å². The molecule has 0 bridgehead atoms. The van der Waals surface area contributed by atoms with Crippen LogP contribution in [0.4, 0.5) is 5.69 Å². The molecule has 4 nitrogen and oxygen atoms in total. The molecule has 0 saturated carbocycles. The summed E-state index contributed by atoms with van der Waals surface area (Å²) in [6.07, 6.45) is 1.86. The van der Waals surface area contributed by atoms with Crippen LogP contribution in [0.5, 0.6) is 5.75 Å². The molecule has 0 unspecified atom stereocenters. The highest BCUT2D eigenvalue weighted by atomic mass is 35.5. The summed E-state index contributed by atoms with van der Waals surface area (Å²) >= 11 is 0. The minimum atomic E-state index is 0. The van der Waals surface area contributed by atoms with E-state index in [1.54, 1.807) is 0 Å². The number of ether oxygens (including phenoxy) is 1. The summed E-state index contributed by atoms with van der Waals surface area (Å²) < 4.78 is 5.69. The standard InChI is InChI=1S/C16H22N2O2.ClH/c1-11-3-4-14-15(9-11)20-8-7-18(14)16(19)13-5-6-17-12(2)10-13;/h3-4,9,12-13,17H,5-8,10H2,1-2H3;1H/t12-,13-;/m0./s1. The first-order valence-electron chi connectivity index (χ1n) is 7.43. The van der Waals surface area contributed by atoms with Crippen molar-refractivity contribution in [2.24, 2.45) is 5.92 Å². The molecule has 1 N–H and O–H groups in total. The Balaban J connectivity index is 0.00000161. The van der Waals surface area contributed by atoms with Crippen LogP contribution in [0.2, 0.25) is 0 Å². The summed E-state index contributed by atoms with van der Waals surface area (Å²) in [5.41, 5.74) is 2.09. The molecule has 1 aromatic carbocycles. The Morgan fingerprint density at radius 1 is 1.43 bits per heavy atom. The van der Waals surface area contributed by atoms with Crippen LogP contribution >= 0.6 is 12.4 Å². The van der Waals surface area contributed by atoms with E-state index in [1.807, 2.05) is 30.0 Å². The van der Waals surface area contributed by atoms with E-state index in [4.69, 9.17) is 4.74 Å². The van der Waals surface area contributed by atoms with Crippen LogP contribution in [0.25, 0.3) is 0 Å². The summed E-state index contributed by atoms with van der Waals surface area (Å²) in [5.74, 6) is 1.23. The Bertz CT molecular complexity index is 521. The molecule has 0 aromatic heterocycles. The molecular formula is C16H23ClN2O2. The van der Waals surface area contributed by atoms with Gasteiger partial charge in [-0.15, -0.1) is 12.4 Å². The first kappa shape index (κ1) is 16.1. The second-order valence-electron chi connectivity index (χ2n) is 5.89. The van der Waals surface area contributed by atoms with Gasteiger partial charge in [0.05, 0.1) is 12.2 Å². The molecule has 1 aromatic rings. The number of carbonyl (C=O) groups is 1. The number of carbonyl (C=O) groups excluding carboxylic acids is 1. The van der Waals surface area contributed by atoms with Crippen molar-refractivity contribution in [3.8, 4) is 5.75 Å². The second kappa shape index (κ2) is 6.67. The zero-order chi connectivity index (χ0) is 14.1. The molecule has 0 aliphatic carbocycles. The quantitative estimate of drug-likeness (QED) is 0.866. The van der Waals surface area contributed by atoms with E-state index in [2.05, 4.69) is 12.2 Å². The van der Waals surface area contributed by atoms with Crippen LogP contribution in [-0.4, -0.2) is 31.6 Å². The van der Waals surface area contributed by atoms with E-state index in [-0.39, 0.29) is 24.2 Å². The molecule has 2 aliphatic heterocycles. The normalized spacial score (nSPS) is 24.6. The number of hydrogen-bond donors (Lipinski definition) is 1. The van der Waals surface area contributed by atoms with Crippen LogP contribution in [0.15, 0.2) is 18.2 Å². The van der Waals surface area contributed by atoms with Gasteiger partial charge in [0.2, 0.25) is 5.91 Å². The first-order valence-corrected chi connectivity index (χ1v) is 7.43. The number of halogens is 1. The number of piperidine rings is 1. The maximum absolute atomic E-state index is 12.8. The first-order chi connectivity index (χ1) is 9.65. The Morgan fingerprint density at radius 3 is 3.00 bits per heavy atom. The minimum absolute atomic E-state index is 0. The van der Waals surface area contributed by atoms with Crippen LogP contribution in [0.1, 0.15) is 25.3 Å². The number of amides is 1. The summed E-state index contributed by atoms with van der Waals surface area (Å²) in [4.78, 5) is 14.7. The van der Waals surface area contributed by atoms with Crippen LogP contribution in [0, 0.1) is 12.8 Å². The average Bonchev–Trinajstić information content (AvgIpc) is 2.45. The van der Waals surface area contributed by atoms with Gasteiger partial charge in [0.1, 0.15) is 12.4 Å². The van der Waals surface area contributed by atoms with Crippen molar-refractivity contribution in [1.82, 2.24) is 5.32 Å². The number of anilines is 1. The summed E-state index contributed by atoms with van der Waals surface area (Å²) in [6.45, 7) is 6.37. The molecule has 2 aliphatic rings. The van der Waals surface area contributed by atoms with Gasteiger partial charge in [0, 0.05) is 12.0 Å². The van der Waals surface area contributed by atoms with E-state index >= 15 is 0 Å². The second-order valence-corrected chi connectivity index (χ2v) is 5.89. The lowest BCUT2D eigenvalue weighted by molar-refractivity contribution is -0.123. The van der Waals surface area contributed by atoms with Gasteiger partial charge in [-0.3, -0.25) is 4.79 Å². The monoisotopic (exact) mass is 310 g/mol. The topological polar surface area (TPSA) is 41.6 Å². The molecule has 5 heteroatoms. The number of rotatable bonds is 1. The van der Waals surface area contributed by atoms with Gasteiger partial charge in [0.25, 0.3) is 0 Å². The number of aryl methyl sites for hydroxylation is 1. The molecular weight excluding hydrogens is 288 g/mol. The molecule has 21 heavy (non-hydrogen) atoms. The van der Waals surface area contributed by atoms with Crippen molar-refractivity contribution in [3.63, 3.8) is 0 Å². The van der Waals surface area contributed by atoms with Crippen molar-refractivity contribution in [2.45, 2.75) is 32.7 Å². The molecule has 0 radical (unpaired) electrons. The predicted molar refractivity (Wildman–Crippen MR) is 86.5 cm³/mol. The fraction of sp³-hybridized carbons (Fsp3) is 0.562. The Kier molecular flexibility index (Phi) is 5.12. The third-order valence-electron chi connectivity index (χ3n) is 4.22. The minimum Gasteiger partial charge on any atom is -0.490 e. The van der Waals surface area contributed by atoms with Crippen LogP contribution in [-0.2, 0) is 4.79 Å². The Labute approximate surface area is 132 Å². The largest absolute Gasteiger partial charge is 0.490 e. The Hall–Kier alpha value is -1.26. The van der Waals surface area contributed by atoms with Crippen LogP contribution < -0.4 is 15.0 Å². The highest BCUT2D eigenvalue weighted by molar-refractivity contribution is 5.97. The predicted octanol–water partition coefficient (Wildman–Crippen LogP) is 2.53. The number of benzene rings is 1. The van der Waals surface area contributed by atoms with E-state index in [0.29, 0.717) is 19.2 Å². The van der Waals surface area contributed by atoms with E-state index in [9.17, 15) is 4.79 Å². The SMILES string of the molecule is Cc1ccc2c(c1)OCCN2C(=O)[C@H]1CCN[C@@H](C)C1.Cl. The van der Waals surface area contributed by atoms with E-state index in [0.717, 1.165) is 36.4 Å². The van der Waals surface area contributed by atoms with E-state index < -0.39 is 0 Å². The zero-order valence-electron chi connectivity index (χ0n) is 12.6. The molecule has 116 valence electrons. The molecule has 1 amide bonds. The molecule has 1 saturated heterocycles. The van der Waals surface area contributed by atoms with Gasteiger partial charge in [0.15, 0.2) is 0 Å². The summed E-state index contributed by atoms with van der Waals surface area (Å²) in [6, 6.07) is 6.49. The molecule has 0 spiro atoms. The van der Waals surface area contributed by atoms with Crippen molar-refractivity contribution in [2.75, 3.05) is 24.6 Å². The van der Waals surface area contributed by atoms with Gasteiger partial charge in [-0.05, 0) is 50.9 Å². The highest BCUT2D eigenvalue weighted by Crippen LogP contribution is 2.34. The van der Waals surface area contributed by atoms with Gasteiger partial charge in [-0.2, -0.15) is 0 Å². The molecule has 2 heterocycles. The number of fused-ring (bicyclic) bond motifs is 1. The van der Waals surface area contributed by atoms with E-state index in [1.165, 1.54) is 0 Å². The van der Waals surface area contributed by atoms with Crippen LogP contribution in [0.3, 0.4) is 0 Å². The molecule has 3 rings (SSSR count). The molecule has 1 fully saturated rings. The fourth-order valence-corrected chi connectivity index (χ4v) is 3.13. The maximum atomic E-state index is 12.8. The lowest BCUT2D eigenvalue weighted by atomic mass is 9.91. The lowest BCUT2D eigenvalue weighted by Crippen LogP contribution is -2.46. The Morgan fingerprint density at radius 2 is 2.24 bits per heavy atom. The lowest BCUT2D eigenvalue weighted by Gasteiger charge is -2.35. The average molecular weight is 311 g/mol. The number of nitrogens with one attached hydrogen (secondary N) is 1. The smallest absolute Gasteiger partial charge is 0.230 e. The molecule has 2 atom stereocenters. The number of hydrogen-bond acceptors (Lipinski definition) is 3. The highest BCUT2D eigenvalue weighted by Gasteiger charge is 2.31. The number of nitrogens with zero attached hydrogens (tertiary/aromatic N) is 1. The third kappa shape index (κ3) is 3.33. The van der Waals surface area contributed by atoms with Crippen molar-refractivity contribution >= 4 is 24.0 Å². The van der Waals surface area contributed by atoms with Gasteiger partial charge < -0.3 is 15.0 Å². The van der Waals surface area contributed by atoms with Crippen molar-refractivity contribution < 1.29 is 9.53 Å². The van der Waals surface area contributed by atoms with Gasteiger partial charge in [-0.25, -0.2) is 0 Å². The summed E-state index contributed by atoms with van der Waals surface area (Å²) in [7, 11) is 0. The van der Waals surface area contributed by atoms with Gasteiger partial charge in [-0.1, -0.05) is 6.07 Å². The zero-order valence-corrected chi connectivity index (χ0v) is 13.4. The fourth-order valence-electron chi connectivity index (χ4n) is 3.13.